The maximum absolute atomic E-state index is 13.9. The molecule has 1 atom stereocenters. The van der Waals surface area contributed by atoms with Gasteiger partial charge in [0, 0.05) is 18.1 Å². The van der Waals surface area contributed by atoms with E-state index in [-0.39, 0.29) is 28.1 Å². The molecule has 196 valence electrons. The van der Waals surface area contributed by atoms with Gasteiger partial charge < -0.3 is 10.2 Å². The molecule has 0 aliphatic heterocycles. The minimum atomic E-state index is -4.16. The molecule has 1 N–H and O–H groups in total. The van der Waals surface area contributed by atoms with E-state index in [0.717, 1.165) is 9.87 Å². The zero-order chi connectivity index (χ0) is 27.0. The normalized spacial score (nSPS) is 12.0. The minimum absolute atomic E-state index is 0.0164. The van der Waals surface area contributed by atoms with Gasteiger partial charge in [-0.3, -0.25) is 13.9 Å². The Balaban J connectivity index is 2.05. The Morgan fingerprint density at radius 3 is 2.11 bits per heavy atom. The van der Waals surface area contributed by atoms with Crippen LogP contribution in [0.25, 0.3) is 0 Å². The van der Waals surface area contributed by atoms with Crippen molar-refractivity contribution >= 4 is 50.7 Å². The first kappa shape index (κ1) is 28.5. The molecule has 0 aliphatic carbocycles. The van der Waals surface area contributed by atoms with Gasteiger partial charge in [-0.25, -0.2) is 8.42 Å². The number of hydrogen-bond donors (Lipinski definition) is 1. The van der Waals surface area contributed by atoms with Gasteiger partial charge in [-0.05, 0) is 55.3 Å². The maximum atomic E-state index is 13.9. The van der Waals surface area contributed by atoms with Crippen molar-refractivity contribution in [2.24, 2.45) is 0 Å². The molecule has 0 aliphatic rings. The van der Waals surface area contributed by atoms with Crippen LogP contribution in [0.1, 0.15) is 25.8 Å². The van der Waals surface area contributed by atoms with Crippen molar-refractivity contribution < 1.29 is 18.0 Å². The van der Waals surface area contributed by atoms with E-state index in [0.29, 0.717) is 18.0 Å². The third kappa shape index (κ3) is 7.03. The highest BCUT2D eigenvalue weighted by Gasteiger charge is 2.34. The van der Waals surface area contributed by atoms with Gasteiger partial charge in [0.05, 0.1) is 15.6 Å². The summed E-state index contributed by atoms with van der Waals surface area (Å²) in [5, 5.41) is 3.48. The monoisotopic (exact) mass is 561 g/mol. The Hall–Kier alpha value is -3.07. The molecular formula is C27H29Cl2N3O4S. The zero-order valence-corrected chi connectivity index (χ0v) is 22.9. The Morgan fingerprint density at radius 2 is 1.51 bits per heavy atom. The van der Waals surface area contributed by atoms with Crippen LogP contribution in [0.5, 0.6) is 0 Å². The largest absolute Gasteiger partial charge is 0.355 e. The summed E-state index contributed by atoms with van der Waals surface area (Å²) >= 11 is 12.4. The SMILES string of the molecule is CCNC(=O)C(CC)N(Cc1ccc(Cl)cc1)C(=O)CN(c1ccccc1Cl)S(=O)(=O)c1ccccc1. The van der Waals surface area contributed by atoms with Gasteiger partial charge in [-0.15, -0.1) is 0 Å². The van der Waals surface area contributed by atoms with Crippen LogP contribution in [0.2, 0.25) is 10.0 Å². The Morgan fingerprint density at radius 1 is 0.892 bits per heavy atom. The first-order valence-electron chi connectivity index (χ1n) is 11.8. The summed E-state index contributed by atoms with van der Waals surface area (Å²) in [5.74, 6) is -0.866. The lowest BCUT2D eigenvalue weighted by Crippen LogP contribution is -2.52. The van der Waals surface area contributed by atoms with Gasteiger partial charge in [0.1, 0.15) is 12.6 Å². The quantitative estimate of drug-likeness (QED) is 0.351. The molecule has 3 aromatic carbocycles. The predicted octanol–water partition coefficient (Wildman–Crippen LogP) is 5.13. The molecule has 7 nitrogen and oxygen atoms in total. The number of nitrogens with one attached hydrogen (secondary N) is 1. The van der Waals surface area contributed by atoms with E-state index >= 15 is 0 Å². The fourth-order valence-electron chi connectivity index (χ4n) is 3.89. The first-order valence-corrected chi connectivity index (χ1v) is 14.0. The molecule has 2 amide bonds. The van der Waals surface area contributed by atoms with Crippen molar-refractivity contribution in [2.75, 3.05) is 17.4 Å². The summed E-state index contributed by atoms with van der Waals surface area (Å²) in [7, 11) is -4.16. The second-order valence-corrected chi connectivity index (χ2v) is 10.9. The molecule has 0 heterocycles. The van der Waals surface area contributed by atoms with Crippen LogP contribution in [0.3, 0.4) is 0 Å². The Bertz CT molecular complexity index is 1320. The number of anilines is 1. The summed E-state index contributed by atoms with van der Waals surface area (Å²) < 4.78 is 28.4. The molecular weight excluding hydrogens is 533 g/mol. The summed E-state index contributed by atoms with van der Waals surface area (Å²) in [6, 6.07) is 20.4. The second kappa shape index (κ2) is 12.9. The molecule has 0 bridgehead atoms. The lowest BCUT2D eigenvalue weighted by atomic mass is 10.1. The van der Waals surface area contributed by atoms with Crippen molar-refractivity contribution in [3.63, 3.8) is 0 Å². The molecule has 3 rings (SSSR count). The van der Waals surface area contributed by atoms with E-state index in [1.165, 1.54) is 17.0 Å². The number of carbonyl (C=O) groups excluding carboxylic acids is 2. The highest BCUT2D eigenvalue weighted by Crippen LogP contribution is 2.30. The number of rotatable bonds is 11. The highest BCUT2D eigenvalue weighted by molar-refractivity contribution is 7.92. The molecule has 1 unspecified atom stereocenters. The van der Waals surface area contributed by atoms with E-state index in [2.05, 4.69) is 5.32 Å². The zero-order valence-electron chi connectivity index (χ0n) is 20.6. The summed E-state index contributed by atoms with van der Waals surface area (Å²) in [5.41, 5.74) is 0.912. The fourth-order valence-corrected chi connectivity index (χ4v) is 5.75. The molecule has 10 heteroatoms. The third-order valence-corrected chi connectivity index (χ3v) is 8.08. The van der Waals surface area contributed by atoms with Gasteiger partial charge >= 0.3 is 0 Å². The fraction of sp³-hybridized carbons (Fsp3) is 0.259. The highest BCUT2D eigenvalue weighted by atomic mass is 35.5. The van der Waals surface area contributed by atoms with Crippen LogP contribution >= 0.6 is 23.2 Å². The molecule has 0 aromatic heterocycles. The molecule has 0 radical (unpaired) electrons. The lowest BCUT2D eigenvalue weighted by molar-refractivity contribution is -0.140. The first-order chi connectivity index (χ1) is 17.7. The van der Waals surface area contributed by atoms with Crippen LogP contribution in [-0.2, 0) is 26.2 Å². The molecule has 0 saturated carbocycles. The number of nitrogens with zero attached hydrogens (tertiary/aromatic N) is 2. The van der Waals surface area contributed by atoms with E-state index in [1.807, 2.05) is 0 Å². The van der Waals surface area contributed by atoms with Crippen molar-refractivity contribution in [3.8, 4) is 0 Å². The number of likely N-dealkylation sites (N-methyl/N-ethyl adjacent to an activating group) is 1. The third-order valence-electron chi connectivity index (χ3n) is 5.73. The second-order valence-electron chi connectivity index (χ2n) is 8.24. The Labute approximate surface area is 228 Å². The number of benzene rings is 3. The molecule has 37 heavy (non-hydrogen) atoms. The van der Waals surface area contributed by atoms with Crippen molar-refractivity contribution in [2.45, 2.75) is 37.8 Å². The number of hydrogen-bond acceptors (Lipinski definition) is 4. The number of para-hydroxylation sites is 1. The standard InChI is InChI=1S/C27H29Cl2N3O4S/c1-3-24(27(34)30-4-2)31(18-20-14-16-21(28)17-15-20)26(33)19-32(25-13-9-8-12-23(25)29)37(35,36)22-10-6-5-7-11-22/h5-17,24H,3-4,18-19H2,1-2H3,(H,30,34). The summed E-state index contributed by atoms with van der Waals surface area (Å²) in [6.45, 7) is 3.53. The van der Waals surface area contributed by atoms with Gasteiger partial charge in [0.25, 0.3) is 10.0 Å². The smallest absolute Gasteiger partial charge is 0.264 e. The van der Waals surface area contributed by atoms with Gasteiger partial charge in [-0.1, -0.05) is 72.6 Å². The minimum Gasteiger partial charge on any atom is -0.355 e. The molecule has 3 aromatic rings. The van der Waals surface area contributed by atoms with E-state index in [9.17, 15) is 18.0 Å². The molecule has 0 spiro atoms. The number of sulfonamides is 1. The summed E-state index contributed by atoms with van der Waals surface area (Å²) in [6.07, 6.45) is 0.336. The van der Waals surface area contributed by atoms with Gasteiger partial charge in [0.2, 0.25) is 11.8 Å². The van der Waals surface area contributed by atoms with Crippen LogP contribution in [-0.4, -0.2) is 44.3 Å². The average molecular weight is 563 g/mol. The lowest BCUT2D eigenvalue weighted by Gasteiger charge is -2.33. The van der Waals surface area contributed by atoms with Crippen LogP contribution in [0, 0.1) is 0 Å². The average Bonchev–Trinajstić information content (AvgIpc) is 2.89. The number of carbonyl (C=O) groups is 2. The van der Waals surface area contributed by atoms with Crippen molar-refractivity contribution in [1.82, 2.24) is 10.2 Å². The topological polar surface area (TPSA) is 86.8 Å². The Kier molecular flexibility index (Phi) is 9.97. The molecule has 0 saturated heterocycles. The summed E-state index contributed by atoms with van der Waals surface area (Å²) in [4.78, 5) is 28.2. The van der Waals surface area contributed by atoms with Gasteiger partial charge in [0.15, 0.2) is 0 Å². The van der Waals surface area contributed by atoms with Crippen LogP contribution in [0.4, 0.5) is 5.69 Å². The van der Waals surface area contributed by atoms with Gasteiger partial charge in [-0.2, -0.15) is 0 Å². The van der Waals surface area contributed by atoms with E-state index < -0.39 is 28.5 Å². The predicted molar refractivity (Wildman–Crippen MR) is 147 cm³/mol. The van der Waals surface area contributed by atoms with Crippen molar-refractivity contribution in [3.05, 3.63) is 94.5 Å². The van der Waals surface area contributed by atoms with Crippen molar-refractivity contribution in [1.29, 1.82) is 0 Å². The maximum Gasteiger partial charge on any atom is 0.264 e. The van der Waals surface area contributed by atoms with Crippen LogP contribution in [0.15, 0.2) is 83.8 Å². The number of halogens is 2. The van der Waals surface area contributed by atoms with E-state index in [4.69, 9.17) is 23.2 Å². The van der Waals surface area contributed by atoms with Crippen LogP contribution < -0.4 is 9.62 Å². The number of amides is 2. The molecule has 0 fully saturated rings. The van der Waals surface area contributed by atoms with E-state index in [1.54, 1.807) is 80.6 Å².